The molecule has 6 rings (SSSR count). The van der Waals surface area contributed by atoms with Gasteiger partial charge < -0.3 is 14.8 Å². The molecule has 0 spiro atoms. The van der Waals surface area contributed by atoms with Crippen LogP contribution in [0, 0.1) is 23.7 Å². The van der Waals surface area contributed by atoms with Crippen LogP contribution in [0.25, 0.3) is 16.8 Å². The van der Waals surface area contributed by atoms with Crippen LogP contribution in [0.5, 0.6) is 5.75 Å². The molecule has 0 saturated carbocycles. The molecule has 2 aliphatic heterocycles. The zero-order valence-electron chi connectivity index (χ0n) is 25.2. The number of hydrogen-bond acceptors (Lipinski definition) is 6. The first-order valence-electron chi connectivity index (χ1n) is 15.6. The van der Waals surface area contributed by atoms with E-state index in [0.717, 1.165) is 46.0 Å². The fraction of sp³-hybridized carbons (Fsp3) is 0.429. The minimum atomic E-state index is -0.972. The number of phenolic OH excluding ortho intramolecular Hbond substituents is 1. The minimum Gasteiger partial charge on any atom is -0.507 e. The number of amides is 2. The maximum absolute atomic E-state index is 13.8. The van der Waals surface area contributed by atoms with Gasteiger partial charge in [-0.3, -0.25) is 14.5 Å². The molecule has 0 bridgehead atoms. The van der Waals surface area contributed by atoms with Crippen molar-refractivity contribution in [1.82, 2.24) is 4.90 Å². The third kappa shape index (κ3) is 5.73. The summed E-state index contributed by atoms with van der Waals surface area (Å²) in [5.41, 5.74) is 4.72. The molecule has 0 unspecified atom stereocenters. The summed E-state index contributed by atoms with van der Waals surface area (Å²) in [6.45, 7) is 6.81. The molecule has 2 aromatic carbocycles. The van der Waals surface area contributed by atoms with Crippen LogP contribution in [0.4, 0.5) is 0 Å². The summed E-state index contributed by atoms with van der Waals surface area (Å²) >= 11 is 1.56. The Morgan fingerprint density at radius 3 is 2.58 bits per heavy atom. The second-order valence-electron chi connectivity index (χ2n) is 12.5. The van der Waals surface area contributed by atoms with Crippen LogP contribution < -0.4 is 0 Å². The van der Waals surface area contributed by atoms with Gasteiger partial charge >= 0.3 is 7.12 Å². The number of thiophene rings is 1. The Kier molecular flexibility index (Phi) is 8.63. The van der Waals surface area contributed by atoms with E-state index in [4.69, 9.17) is 4.65 Å². The minimum absolute atomic E-state index is 0.0765. The lowest BCUT2D eigenvalue weighted by Gasteiger charge is -2.44. The van der Waals surface area contributed by atoms with E-state index in [9.17, 15) is 19.7 Å². The van der Waals surface area contributed by atoms with Crippen LogP contribution in [-0.4, -0.2) is 40.1 Å². The SMILES string of the molecule is CCC/C(=C\c1ccc(O)c2ccccc12)CC[C@H]1OB(O)C[C@H]2C1=C(C(C)C)C[C@H]1C(=O)N(Cc3cccs3)C(=O)[C@H]12. The zero-order valence-corrected chi connectivity index (χ0v) is 26.0. The van der Waals surface area contributed by atoms with E-state index < -0.39 is 13.0 Å². The summed E-state index contributed by atoms with van der Waals surface area (Å²) in [5.74, 6) is -0.710. The van der Waals surface area contributed by atoms with E-state index in [1.54, 1.807) is 17.4 Å². The van der Waals surface area contributed by atoms with Crippen LogP contribution in [0.15, 0.2) is 70.6 Å². The fourth-order valence-corrected chi connectivity index (χ4v) is 8.28. The van der Waals surface area contributed by atoms with Crippen molar-refractivity contribution < 1.29 is 24.4 Å². The summed E-state index contributed by atoms with van der Waals surface area (Å²) in [6.07, 6.45) is 6.25. The van der Waals surface area contributed by atoms with Gasteiger partial charge in [-0.15, -0.1) is 11.3 Å². The van der Waals surface area contributed by atoms with E-state index in [0.29, 0.717) is 25.7 Å². The molecule has 3 aromatic rings. The normalized spacial score (nSPS) is 24.3. The van der Waals surface area contributed by atoms with Crippen molar-refractivity contribution in [1.29, 1.82) is 0 Å². The summed E-state index contributed by atoms with van der Waals surface area (Å²) in [7, 11) is -0.972. The molecule has 1 aromatic heterocycles. The Balaban J connectivity index is 1.29. The van der Waals surface area contributed by atoms with E-state index in [1.165, 1.54) is 16.0 Å². The van der Waals surface area contributed by atoms with E-state index in [1.807, 2.05) is 47.8 Å². The number of carbonyl (C=O) groups excluding carboxylic acids is 2. The number of phenols is 1. The highest BCUT2D eigenvalue weighted by Crippen LogP contribution is 2.52. The lowest BCUT2D eigenvalue weighted by atomic mass is 9.57. The monoisotopic (exact) mass is 597 g/mol. The second kappa shape index (κ2) is 12.4. The van der Waals surface area contributed by atoms with Crippen LogP contribution >= 0.6 is 11.3 Å². The molecule has 1 aliphatic carbocycles. The average molecular weight is 598 g/mol. The lowest BCUT2D eigenvalue weighted by molar-refractivity contribution is -0.140. The molecule has 6 nitrogen and oxygen atoms in total. The Morgan fingerprint density at radius 2 is 1.86 bits per heavy atom. The zero-order chi connectivity index (χ0) is 30.2. The summed E-state index contributed by atoms with van der Waals surface area (Å²) in [5, 5.41) is 25.1. The number of aromatic hydroxyl groups is 1. The number of benzene rings is 2. The molecule has 0 radical (unpaired) electrons. The molecule has 2 amide bonds. The Morgan fingerprint density at radius 1 is 1.07 bits per heavy atom. The Hall–Kier alpha value is -3.20. The van der Waals surface area contributed by atoms with Gasteiger partial charge in [0.1, 0.15) is 5.75 Å². The first kappa shape index (κ1) is 29.9. The van der Waals surface area contributed by atoms with Gasteiger partial charge in [-0.1, -0.05) is 80.8 Å². The van der Waals surface area contributed by atoms with E-state index in [2.05, 4.69) is 26.8 Å². The van der Waals surface area contributed by atoms with Gasteiger partial charge in [0.2, 0.25) is 11.8 Å². The van der Waals surface area contributed by atoms with Gasteiger partial charge in [-0.25, -0.2) is 0 Å². The summed E-state index contributed by atoms with van der Waals surface area (Å²) in [6, 6.07) is 15.5. The highest BCUT2D eigenvalue weighted by atomic mass is 32.1. The first-order valence-corrected chi connectivity index (χ1v) is 16.5. The number of allylic oxidation sites excluding steroid dienone is 2. The molecular formula is C35H40BNO5S. The summed E-state index contributed by atoms with van der Waals surface area (Å²) in [4.78, 5) is 29.9. The third-order valence-electron chi connectivity index (χ3n) is 9.52. The van der Waals surface area contributed by atoms with Crippen molar-refractivity contribution in [2.75, 3.05) is 0 Å². The van der Waals surface area contributed by atoms with Crippen LogP contribution in [-0.2, 0) is 20.8 Å². The number of carbonyl (C=O) groups is 2. The third-order valence-corrected chi connectivity index (χ3v) is 10.4. The quantitative estimate of drug-likeness (QED) is 0.155. The van der Waals surface area contributed by atoms with Gasteiger partial charge in [-0.05, 0) is 77.9 Å². The number of imide groups is 1. The first-order chi connectivity index (χ1) is 20.8. The Labute approximate surface area is 258 Å². The molecule has 3 aliphatic rings. The molecule has 8 heteroatoms. The van der Waals surface area contributed by atoms with Crippen molar-refractivity contribution in [3.05, 3.63) is 81.1 Å². The highest BCUT2D eigenvalue weighted by Gasteiger charge is 2.57. The maximum atomic E-state index is 13.8. The topological polar surface area (TPSA) is 87.1 Å². The smallest absolute Gasteiger partial charge is 0.455 e. The number of hydrogen-bond donors (Lipinski definition) is 2. The molecule has 3 heterocycles. The van der Waals surface area contributed by atoms with Gasteiger partial charge in [0.15, 0.2) is 0 Å². The van der Waals surface area contributed by atoms with Crippen molar-refractivity contribution in [2.24, 2.45) is 23.7 Å². The largest absolute Gasteiger partial charge is 0.507 e. The predicted molar refractivity (Wildman–Crippen MR) is 172 cm³/mol. The molecule has 2 N–H and O–H groups in total. The van der Waals surface area contributed by atoms with Crippen LogP contribution in [0.2, 0.25) is 6.32 Å². The Bertz CT molecular complexity index is 1580. The van der Waals surface area contributed by atoms with Gasteiger partial charge in [0, 0.05) is 10.3 Å². The van der Waals surface area contributed by atoms with Gasteiger partial charge in [0.05, 0.1) is 24.5 Å². The van der Waals surface area contributed by atoms with Crippen LogP contribution in [0.3, 0.4) is 0 Å². The van der Waals surface area contributed by atoms with Gasteiger partial charge in [0.25, 0.3) is 0 Å². The van der Waals surface area contributed by atoms with Crippen molar-refractivity contribution in [3.63, 3.8) is 0 Å². The van der Waals surface area contributed by atoms with E-state index in [-0.39, 0.29) is 41.4 Å². The fourth-order valence-electron chi connectivity index (χ4n) is 7.59. The average Bonchev–Trinajstić information content (AvgIpc) is 3.59. The van der Waals surface area contributed by atoms with Crippen molar-refractivity contribution >= 4 is 47.1 Å². The molecule has 224 valence electrons. The number of rotatable bonds is 9. The number of likely N-dealkylation sites (tertiary alicyclic amines) is 1. The highest BCUT2D eigenvalue weighted by molar-refractivity contribution is 7.09. The lowest BCUT2D eigenvalue weighted by Crippen LogP contribution is -2.46. The van der Waals surface area contributed by atoms with Crippen LogP contribution in [0.1, 0.15) is 63.3 Å². The molecule has 4 atom stereocenters. The predicted octanol–water partition coefficient (Wildman–Crippen LogP) is 7.22. The second-order valence-corrected chi connectivity index (χ2v) is 13.6. The standard InChI is InChI=1S/C35H40BNO5S/c1-4-8-22(17-23-13-14-30(38)26-11-6-5-10-25(23)26)12-15-31-32-27(21(2)3)18-28-33(29(32)19-36(41)42-31)35(40)37(34(28)39)20-24-9-7-16-43-24/h5-7,9-11,13-14,16-17,21,28-29,31,33,38,41H,4,8,12,15,18-20H2,1-3H3/b22-17+/t28-,29+,31-,33-/m1/s1. The van der Waals surface area contributed by atoms with Crippen molar-refractivity contribution in [3.8, 4) is 5.75 Å². The van der Waals surface area contributed by atoms with E-state index >= 15 is 0 Å². The number of nitrogens with zero attached hydrogens (tertiary/aromatic N) is 1. The molecule has 43 heavy (non-hydrogen) atoms. The maximum Gasteiger partial charge on any atom is 0.455 e. The molecular weight excluding hydrogens is 557 g/mol. The summed E-state index contributed by atoms with van der Waals surface area (Å²) < 4.78 is 6.25. The van der Waals surface area contributed by atoms with Gasteiger partial charge in [-0.2, -0.15) is 0 Å². The van der Waals surface area contributed by atoms with Crippen molar-refractivity contribution in [2.45, 2.75) is 71.8 Å². The molecule has 2 saturated heterocycles. The number of fused-ring (bicyclic) bond motifs is 4. The molecule has 2 fully saturated rings.